The highest BCUT2D eigenvalue weighted by Crippen LogP contribution is 2.77. The molecular weight excluding hydrogens is 466 g/mol. The van der Waals surface area contributed by atoms with E-state index in [0.717, 1.165) is 6.42 Å². The van der Waals surface area contributed by atoms with Crippen molar-refractivity contribution in [2.75, 3.05) is 6.61 Å². The number of nitrogens with one attached hydrogen (secondary N) is 1. The minimum atomic E-state index is -0.0277. The molecule has 5 aliphatic carbocycles. The fourth-order valence-electron chi connectivity index (χ4n) is 12.2. The van der Waals surface area contributed by atoms with Crippen LogP contribution in [-0.4, -0.2) is 16.7 Å². The van der Waals surface area contributed by atoms with Gasteiger partial charge in [0.2, 0.25) is 5.56 Å². The monoisotopic (exact) mass is 517 g/mol. The summed E-state index contributed by atoms with van der Waals surface area (Å²) in [5, 5.41) is 10.8. The van der Waals surface area contributed by atoms with Gasteiger partial charge in [0.05, 0.1) is 0 Å². The summed E-state index contributed by atoms with van der Waals surface area (Å²) in [7, 11) is 0. The fourth-order valence-corrected chi connectivity index (χ4v) is 12.2. The van der Waals surface area contributed by atoms with Crippen molar-refractivity contribution in [3.63, 3.8) is 0 Å². The summed E-state index contributed by atoms with van der Waals surface area (Å²) in [5.74, 6) is 3.22. The molecule has 1 aromatic heterocycles. The van der Waals surface area contributed by atoms with E-state index in [9.17, 15) is 9.90 Å². The van der Waals surface area contributed by atoms with Crippen LogP contribution in [0.3, 0.4) is 0 Å². The molecule has 4 fully saturated rings. The second-order valence-electron chi connectivity index (χ2n) is 15.7. The maximum atomic E-state index is 11.8. The summed E-state index contributed by atoms with van der Waals surface area (Å²) in [6.45, 7) is 20.0. The fraction of sp³-hybridized carbons (Fsp3) is 0.743. The molecule has 3 nitrogen and oxygen atoms in total. The van der Waals surface area contributed by atoms with Gasteiger partial charge in [-0.15, -0.1) is 0 Å². The van der Waals surface area contributed by atoms with Crippen molar-refractivity contribution in [3.05, 3.63) is 52.5 Å². The van der Waals surface area contributed by atoms with Gasteiger partial charge in [0.1, 0.15) is 0 Å². The van der Waals surface area contributed by atoms with Crippen LogP contribution in [0.5, 0.6) is 0 Å². The zero-order chi connectivity index (χ0) is 27.3. The number of aliphatic hydroxyl groups is 1. The van der Waals surface area contributed by atoms with E-state index >= 15 is 0 Å². The van der Waals surface area contributed by atoms with E-state index < -0.39 is 0 Å². The molecule has 0 bridgehead atoms. The Kier molecular flexibility index (Phi) is 5.91. The van der Waals surface area contributed by atoms with Gasteiger partial charge in [-0.05, 0) is 139 Å². The number of rotatable bonds is 3. The molecule has 2 N–H and O–H groups in total. The molecule has 0 aliphatic heterocycles. The highest BCUT2D eigenvalue weighted by atomic mass is 16.3. The summed E-state index contributed by atoms with van der Waals surface area (Å²) >= 11 is 0. The average molecular weight is 518 g/mol. The molecule has 1 aromatic rings. The number of hydrogen-bond acceptors (Lipinski definition) is 2. The third-order valence-corrected chi connectivity index (χ3v) is 14.2. The number of pyridine rings is 1. The minimum Gasteiger partial charge on any atom is -0.396 e. The maximum absolute atomic E-state index is 11.8. The second kappa shape index (κ2) is 8.45. The molecule has 4 saturated carbocycles. The van der Waals surface area contributed by atoms with E-state index in [1.54, 1.807) is 6.07 Å². The Morgan fingerprint density at radius 1 is 0.974 bits per heavy atom. The van der Waals surface area contributed by atoms with E-state index in [1.165, 1.54) is 68.1 Å². The van der Waals surface area contributed by atoms with Gasteiger partial charge in [-0.3, -0.25) is 4.79 Å². The van der Waals surface area contributed by atoms with E-state index in [4.69, 9.17) is 0 Å². The van der Waals surface area contributed by atoms with Crippen LogP contribution in [0.25, 0.3) is 5.57 Å². The largest absolute Gasteiger partial charge is 0.396 e. The lowest BCUT2D eigenvalue weighted by Crippen LogP contribution is -2.65. The lowest BCUT2D eigenvalue weighted by Gasteiger charge is -2.72. The highest BCUT2D eigenvalue weighted by molar-refractivity contribution is 5.71. The van der Waals surface area contributed by atoms with Crippen LogP contribution in [-0.2, 0) is 0 Å². The molecule has 3 heteroatoms. The molecule has 0 aromatic carbocycles. The van der Waals surface area contributed by atoms with Crippen molar-refractivity contribution < 1.29 is 5.11 Å². The van der Waals surface area contributed by atoms with Crippen LogP contribution >= 0.6 is 0 Å². The zero-order valence-corrected chi connectivity index (χ0v) is 24.8. The van der Waals surface area contributed by atoms with Gasteiger partial charge < -0.3 is 10.1 Å². The first-order chi connectivity index (χ1) is 17.8. The first-order valence-corrected chi connectivity index (χ1v) is 15.5. The van der Waals surface area contributed by atoms with Crippen LogP contribution in [0.2, 0.25) is 0 Å². The summed E-state index contributed by atoms with van der Waals surface area (Å²) in [6, 6.07) is 3.69. The van der Waals surface area contributed by atoms with Gasteiger partial charge >= 0.3 is 0 Å². The van der Waals surface area contributed by atoms with Crippen molar-refractivity contribution in [1.82, 2.24) is 4.98 Å². The van der Waals surface area contributed by atoms with Crippen LogP contribution in [0.4, 0.5) is 0 Å². The molecule has 5 aliphatic rings. The first kappa shape index (κ1) is 26.6. The van der Waals surface area contributed by atoms with Gasteiger partial charge in [-0.2, -0.15) is 0 Å². The molecular formula is C35H51NO2. The van der Waals surface area contributed by atoms with Crippen molar-refractivity contribution in [1.29, 1.82) is 0 Å². The number of H-pyrrole nitrogens is 1. The topological polar surface area (TPSA) is 53.1 Å². The van der Waals surface area contributed by atoms with E-state index in [1.807, 2.05) is 12.3 Å². The van der Waals surface area contributed by atoms with Crippen LogP contribution in [0, 0.1) is 56.7 Å². The standard InChI is InChI=1S/C35H51NO2/c1-22(2)24-12-17-35(21-37)19-18-33(6)26(30(24)35)9-10-28-32(5)15-13-25(23-8-11-29(38)36-20-23)31(3,4)27(32)14-16-34(28,33)7/h8,11,13,20,24,26-28,30,37H,1,9-10,12,14-19,21H2,2-7H3,(H,36,38)/t24-,26+,27-,28?,30+,32-,33+,34+,35+/m0/s1. The first-order valence-electron chi connectivity index (χ1n) is 15.5. The Balaban J connectivity index is 1.38. The molecule has 38 heavy (non-hydrogen) atoms. The Morgan fingerprint density at radius 3 is 2.39 bits per heavy atom. The average Bonchev–Trinajstić information content (AvgIpc) is 3.26. The molecule has 0 radical (unpaired) electrons. The number of fused-ring (bicyclic) bond motifs is 7. The van der Waals surface area contributed by atoms with Gasteiger partial charge in [0, 0.05) is 18.9 Å². The molecule has 1 heterocycles. The third-order valence-electron chi connectivity index (χ3n) is 14.2. The van der Waals surface area contributed by atoms with Crippen molar-refractivity contribution in [2.45, 2.75) is 99.3 Å². The molecule has 0 spiro atoms. The maximum Gasteiger partial charge on any atom is 0.247 e. The van der Waals surface area contributed by atoms with Crippen LogP contribution in [0.15, 0.2) is 41.4 Å². The normalized spacial score (nSPS) is 47.2. The number of aromatic nitrogens is 1. The lowest BCUT2D eigenvalue weighted by molar-refractivity contribution is -0.228. The third kappa shape index (κ3) is 3.26. The van der Waals surface area contributed by atoms with Crippen molar-refractivity contribution in [2.24, 2.45) is 56.7 Å². The predicted molar refractivity (Wildman–Crippen MR) is 156 cm³/mol. The lowest BCUT2D eigenvalue weighted by atomic mass is 9.32. The van der Waals surface area contributed by atoms with Gasteiger partial charge in [-0.25, -0.2) is 0 Å². The number of aliphatic hydroxyl groups excluding tert-OH is 1. The Bertz CT molecular complexity index is 1200. The minimum absolute atomic E-state index is 0.0277. The molecule has 9 atom stereocenters. The van der Waals surface area contributed by atoms with Crippen molar-refractivity contribution >= 4 is 5.57 Å². The SMILES string of the molecule is C=C(C)[C@@H]1CC[C@]2(CO)CC[C@]3(C)[C@H](CCC4[C@@]5(C)CC=C(c6ccc(=O)[nH]c6)C(C)(C)[C@@H]5CC[C@]43C)[C@@H]12. The van der Waals surface area contributed by atoms with Gasteiger partial charge in [-0.1, -0.05) is 52.8 Å². The summed E-state index contributed by atoms with van der Waals surface area (Å²) in [5.41, 5.74) is 5.04. The second-order valence-corrected chi connectivity index (χ2v) is 15.7. The quantitative estimate of drug-likeness (QED) is 0.399. The van der Waals surface area contributed by atoms with Crippen LogP contribution < -0.4 is 5.56 Å². The summed E-state index contributed by atoms with van der Waals surface area (Å²) in [4.78, 5) is 14.7. The number of hydrogen-bond donors (Lipinski definition) is 2. The molecule has 208 valence electrons. The molecule has 1 unspecified atom stereocenters. The number of allylic oxidation sites excluding steroid dienone is 3. The summed E-state index contributed by atoms with van der Waals surface area (Å²) in [6.07, 6.45) is 15.7. The van der Waals surface area contributed by atoms with Gasteiger partial charge in [0.15, 0.2) is 0 Å². The number of aromatic amines is 1. The highest BCUT2D eigenvalue weighted by Gasteiger charge is 2.70. The zero-order valence-electron chi connectivity index (χ0n) is 24.8. The van der Waals surface area contributed by atoms with E-state index in [0.29, 0.717) is 47.0 Å². The Hall–Kier alpha value is -1.61. The Morgan fingerprint density at radius 2 is 1.74 bits per heavy atom. The van der Waals surface area contributed by atoms with E-state index in [-0.39, 0.29) is 21.8 Å². The van der Waals surface area contributed by atoms with Gasteiger partial charge in [0.25, 0.3) is 0 Å². The molecule has 6 rings (SSSR count). The van der Waals surface area contributed by atoms with E-state index in [2.05, 4.69) is 59.2 Å². The van der Waals surface area contributed by atoms with Crippen LogP contribution in [0.1, 0.15) is 105 Å². The summed E-state index contributed by atoms with van der Waals surface area (Å²) < 4.78 is 0. The molecule has 0 saturated heterocycles. The smallest absolute Gasteiger partial charge is 0.247 e. The predicted octanol–water partition coefficient (Wildman–Crippen LogP) is 8.02. The van der Waals surface area contributed by atoms with Crippen molar-refractivity contribution in [3.8, 4) is 0 Å². The molecule has 0 amide bonds. The Labute approximate surface area is 230 Å².